The summed E-state index contributed by atoms with van der Waals surface area (Å²) in [5.41, 5.74) is 1.82. The maximum absolute atomic E-state index is 11.6. The van der Waals surface area contributed by atoms with Gasteiger partial charge in [0.25, 0.3) is 0 Å². The van der Waals surface area contributed by atoms with Crippen molar-refractivity contribution in [3.63, 3.8) is 0 Å². The van der Waals surface area contributed by atoms with E-state index in [1.165, 1.54) is 18.4 Å². The third-order valence-corrected chi connectivity index (χ3v) is 5.35. The van der Waals surface area contributed by atoms with Crippen molar-refractivity contribution in [3.8, 4) is 11.5 Å². The van der Waals surface area contributed by atoms with Crippen LogP contribution in [-0.4, -0.2) is 31.6 Å². The van der Waals surface area contributed by atoms with Gasteiger partial charge in [-0.05, 0) is 64.8 Å². The standard InChI is InChI=1S/C17H17BrN2O4S/c1-11-8-14-16(20(10-23-2)19-17(14)18)15(9-11)24-12-4-6-13(7-5-12)25(3,21)22/h4-9H,10H2,1-3H3. The summed E-state index contributed by atoms with van der Waals surface area (Å²) in [6.07, 6.45) is 1.17. The number of fused-ring (bicyclic) bond motifs is 1. The van der Waals surface area contributed by atoms with E-state index in [0.717, 1.165) is 16.5 Å². The number of hydrogen-bond donors (Lipinski definition) is 0. The Morgan fingerprint density at radius 3 is 2.48 bits per heavy atom. The van der Waals surface area contributed by atoms with Crippen molar-refractivity contribution >= 4 is 36.7 Å². The van der Waals surface area contributed by atoms with Gasteiger partial charge in [-0.2, -0.15) is 5.10 Å². The molecule has 0 radical (unpaired) electrons. The van der Waals surface area contributed by atoms with Gasteiger partial charge in [0.1, 0.15) is 22.6 Å². The molecule has 1 heterocycles. The molecule has 0 saturated heterocycles. The largest absolute Gasteiger partial charge is 0.455 e. The van der Waals surface area contributed by atoms with Crippen molar-refractivity contribution in [1.82, 2.24) is 9.78 Å². The lowest BCUT2D eigenvalue weighted by Gasteiger charge is -2.11. The van der Waals surface area contributed by atoms with Crippen molar-refractivity contribution in [1.29, 1.82) is 0 Å². The lowest BCUT2D eigenvalue weighted by molar-refractivity contribution is 0.124. The zero-order valence-electron chi connectivity index (χ0n) is 14.0. The molecule has 0 saturated carbocycles. The Hall–Kier alpha value is -1.90. The Morgan fingerprint density at radius 2 is 1.88 bits per heavy atom. The lowest BCUT2D eigenvalue weighted by atomic mass is 10.1. The number of methoxy groups -OCH3 is 1. The Balaban J connectivity index is 2.06. The molecule has 0 aliphatic heterocycles. The van der Waals surface area contributed by atoms with Gasteiger partial charge in [0.05, 0.1) is 4.90 Å². The Labute approximate surface area is 154 Å². The lowest BCUT2D eigenvalue weighted by Crippen LogP contribution is -2.02. The second-order valence-electron chi connectivity index (χ2n) is 5.71. The predicted octanol–water partition coefficient (Wildman–Crippen LogP) is 3.91. The van der Waals surface area contributed by atoms with E-state index < -0.39 is 9.84 Å². The van der Waals surface area contributed by atoms with Crippen molar-refractivity contribution in [2.75, 3.05) is 13.4 Å². The van der Waals surface area contributed by atoms with E-state index in [2.05, 4.69) is 21.0 Å². The van der Waals surface area contributed by atoms with E-state index in [1.54, 1.807) is 23.9 Å². The quantitative estimate of drug-likeness (QED) is 0.620. The zero-order valence-corrected chi connectivity index (χ0v) is 16.4. The number of rotatable bonds is 5. The SMILES string of the molecule is COCn1nc(Br)c2cc(C)cc(Oc3ccc(S(C)(=O)=O)cc3)c21. The van der Waals surface area contributed by atoms with Crippen molar-refractivity contribution in [2.45, 2.75) is 18.6 Å². The summed E-state index contributed by atoms with van der Waals surface area (Å²) in [5.74, 6) is 1.16. The molecule has 0 amide bonds. The highest BCUT2D eigenvalue weighted by atomic mass is 79.9. The average Bonchev–Trinajstić information content (AvgIpc) is 2.83. The van der Waals surface area contributed by atoms with Crippen LogP contribution in [0.1, 0.15) is 5.56 Å². The van der Waals surface area contributed by atoms with Crippen LogP contribution < -0.4 is 4.74 Å². The first-order valence-electron chi connectivity index (χ1n) is 7.43. The smallest absolute Gasteiger partial charge is 0.175 e. The minimum absolute atomic E-state index is 0.251. The summed E-state index contributed by atoms with van der Waals surface area (Å²) in [7, 11) is -1.64. The summed E-state index contributed by atoms with van der Waals surface area (Å²) in [6.45, 7) is 2.26. The van der Waals surface area contributed by atoms with Gasteiger partial charge in [0.2, 0.25) is 0 Å². The summed E-state index contributed by atoms with van der Waals surface area (Å²) < 4.78 is 36.8. The number of benzene rings is 2. The van der Waals surface area contributed by atoms with Gasteiger partial charge in [-0.1, -0.05) is 0 Å². The van der Waals surface area contributed by atoms with Gasteiger partial charge < -0.3 is 9.47 Å². The van der Waals surface area contributed by atoms with E-state index in [4.69, 9.17) is 9.47 Å². The molecule has 2 aromatic carbocycles. The van der Waals surface area contributed by atoms with E-state index in [9.17, 15) is 8.42 Å². The number of sulfone groups is 1. The maximum atomic E-state index is 11.6. The van der Waals surface area contributed by atoms with Crippen LogP contribution in [-0.2, 0) is 21.3 Å². The summed E-state index contributed by atoms with van der Waals surface area (Å²) in [5, 5.41) is 5.33. The maximum Gasteiger partial charge on any atom is 0.175 e. The van der Waals surface area contributed by atoms with Crippen LogP contribution in [0.4, 0.5) is 0 Å². The molecule has 0 unspecified atom stereocenters. The molecular weight excluding hydrogens is 408 g/mol. The average molecular weight is 425 g/mol. The minimum Gasteiger partial charge on any atom is -0.455 e. The molecule has 1 aromatic heterocycles. The molecule has 25 heavy (non-hydrogen) atoms. The van der Waals surface area contributed by atoms with Gasteiger partial charge in [-0.25, -0.2) is 13.1 Å². The van der Waals surface area contributed by atoms with Crippen LogP contribution in [0.2, 0.25) is 0 Å². The van der Waals surface area contributed by atoms with Gasteiger partial charge in [0.15, 0.2) is 15.6 Å². The zero-order chi connectivity index (χ0) is 18.2. The number of hydrogen-bond acceptors (Lipinski definition) is 5. The number of ether oxygens (including phenoxy) is 2. The molecule has 0 N–H and O–H groups in total. The number of nitrogens with zero attached hydrogens (tertiary/aromatic N) is 2. The van der Waals surface area contributed by atoms with Crippen LogP contribution in [0.3, 0.4) is 0 Å². The summed E-state index contributed by atoms with van der Waals surface area (Å²) in [4.78, 5) is 0.251. The first-order chi connectivity index (χ1) is 11.8. The second-order valence-corrected chi connectivity index (χ2v) is 8.48. The van der Waals surface area contributed by atoms with E-state index in [0.29, 0.717) is 16.1 Å². The molecule has 0 bridgehead atoms. The number of halogens is 1. The third kappa shape index (κ3) is 3.70. The first kappa shape index (κ1) is 17.9. The molecule has 0 aliphatic rings. The number of aromatic nitrogens is 2. The topological polar surface area (TPSA) is 70.4 Å². The monoisotopic (exact) mass is 424 g/mol. The predicted molar refractivity (Wildman–Crippen MR) is 98.8 cm³/mol. The van der Waals surface area contributed by atoms with Gasteiger partial charge in [-0.3, -0.25) is 0 Å². The van der Waals surface area contributed by atoms with E-state index in [-0.39, 0.29) is 11.6 Å². The van der Waals surface area contributed by atoms with Crippen LogP contribution in [0.5, 0.6) is 11.5 Å². The van der Waals surface area contributed by atoms with Crippen LogP contribution in [0, 0.1) is 6.92 Å². The second kappa shape index (κ2) is 6.78. The summed E-state index contributed by atoms with van der Waals surface area (Å²) >= 11 is 3.46. The first-order valence-corrected chi connectivity index (χ1v) is 10.1. The van der Waals surface area contributed by atoms with Crippen LogP contribution in [0.15, 0.2) is 45.9 Å². The highest BCUT2D eigenvalue weighted by Crippen LogP contribution is 2.35. The molecule has 132 valence electrons. The Bertz CT molecular complexity index is 1030. The van der Waals surface area contributed by atoms with Gasteiger partial charge in [-0.15, -0.1) is 0 Å². The molecule has 3 rings (SSSR count). The normalized spacial score (nSPS) is 11.8. The fourth-order valence-electron chi connectivity index (χ4n) is 2.55. The third-order valence-electron chi connectivity index (χ3n) is 3.64. The minimum atomic E-state index is -3.24. The van der Waals surface area contributed by atoms with Crippen LogP contribution in [0.25, 0.3) is 10.9 Å². The highest BCUT2D eigenvalue weighted by molar-refractivity contribution is 9.10. The molecule has 0 atom stereocenters. The molecule has 3 aromatic rings. The fraction of sp³-hybridized carbons (Fsp3) is 0.235. The molecule has 0 fully saturated rings. The number of aryl methyl sites for hydroxylation is 1. The molecule has 6 nitrogen and oxygen atoms in total. The highest BCUT2D eigenvalue weighted by Gasteiger charge is 2.16. The molecule has 0 spiro atoms. The van der Waals surface area contributed by atoms with Gasteiger partial charge in [0, 0.05) is 18.8 Å². The van der Waals surface area contributed by atoms with Crippen molar-refractivity contribution in [2.24, 2.45) is 0 Å². The molecule has 0 aliphatic carbocycles. The van der Waals surface area contributed by atoms with Crippen LogP contribution >= 0.6 is 15.9 Å². The Morgan fingerprint density at radius 1 is 1.20 bits per heavy atom. The summed E-state index contributed by atoms with van der Waals surface area (Å²) in [6, 6.07) is 10.2. The van der Waals surface area contributed by atoms with E-state index in [1.807, 2.05) is 19.1 Å². The molecular formula is C17H17BrN2O4S. The van der Waals surface area contributed by atoms with Crippen molar-refractivity contribution in [3.05, 3.63) is 46.6 Å². The fourth-order valence-corrected chi connectivity index (χ4v) is 3.68. The van der Waals surface area contributed by atoms with E-state index >= 15 is 0 Å². The van der Waals surface area contributed by atoms with Gasteiger partial charge >= 0.3 is 0 Å². The van der Waals surface area contributed by atoms with Crippen molar-refractivity contribution < 1.29 is 17.9 Å². The molecule has 8 heteroatoms. The Kier molecular flexibility index (Phi) is 4.86.